The van der Waals surface area contributed by atoms with Gasteiger partial charge in [-0.3, -0.25) is 9.59 Å². The standard InChI is InChI=1S/C15H27N3O2.ClH/c1-3-5-12(2)15(20)17-8-4-6-13(11-17)18-9-7-16-10-14(18)19;/h12-13,16H,3-11H2,1-2H3;1H. The van der Waals surface area contributed by atoms with Gasteiger partial charge in [-0.2, -0.15) is 0 Å². The molecule has 0 bridgehead atoms. The van der Waals surface area contributed by atoms with Gasteiger partial charge in [0.05, 0.1) is 6.54 Å². The third kappa shape index (κ3) is 4.58. The second-order valence-corrected chi connectivity index (χ2v) is 6.03. The van der Waals surface area contributed by atoms with Gasteiger partial charge in [-0.05, 0) is 19.3 Å². The monoisotopic (exact) mass is 317 g/mol. The lowest BCUT2D eigenvalue weighted by molar-refractivity contribution is -0.142. The average molecular weight is 318 g/mol. The number of carbonyl (C=O) groups excluding carboxylic acids is 2. The number of halogens is 1. The van der Waals surface area contributed by atoms with Gasteiger partial charge in [0.15, 0.2) is 0 Å². The molecule has 0 aromatic heterocycles. The van der Waals surface area contributed by atoms with E-state index in [-0.39, 0.29) is 36.2 Å². The van der Waals surface area contributed by atoms with Gasteiger partial charge >= 0.3 is 0 Å². The quantitative estimate of drug-likeness (QED) is 0.849. The van der Waals surface area contributed by atoms with Crippen LogP contribution < -0.4 is 5.32 Å². The maximum atomic E-state index is 12.4. The molecule has 2 atom stereocenters. The first-order valence-corrected chi connectivity index (χ1v) is 7.92. The molecule has 2 unspecified atom stereocenters. The minimum Gasteiger partial charge on any atom is -0.340 e. The molecule has 0 spiro atoms. The second-order valence-electron chi connectivity index (χ2n) is 6.03. The zero-order valence-corrected chi connectivity index (χ0v) is 14.0. The molecular weight excluding hydrogens is 290 g/mol. The zero-order valence-electron chi connectivity index (χ0n) is 13.1. The Morgan fingerprint density at radius 1 is 1.43 bits per heavy atom. The first-order chi connectivity index (χ1) is 9.63. The van der Waals surface area contributed by atoms with Crippen molar-refractivity contribution in [2.24, 2.45) is 5.92 Å². The molecule has 2 aliphatic heterocycles. The van der Waals surface area contributed by atoms with Crippen LogP contribution in [0.1, 0.15) is 39.5 Å². The Morgan fingerprint density at radius 2 is 2.19 bits per heavy atom. The predicted molar refractivity (Wildman–Crippen MR) is 85.5 cm³/mol. The zero-order chi connectivity index (χ0) is 14.5. The van der Waals surface area contributed by atoms with Gasteiger partial charge in [-0.15, -0.1) is 12.4 Å². The summed E-state index contributed by atoms with van der Waals surface area (Å²) in [5.74, 6) is 0.550. The fourth-order valence-electron chi connectivity index (χ4n) is 3.28. The Kier molecular flexibility index (Phi) is 7.46. The normalized spacial score (nSPS) is 24.5. The van der Waals surface area contributed by atoms with Crippen molar-refractivity contribution in [1.29, 1.82) is 0 Å². The Hall–Kier alpha value is -0.810. The number of nitrogens with zero attached hydrogens (tertiary/aromatic N) is 2. The summed E-state index contributed by atoms with van der Waals surface area (Å²) < 4.78 is 0. The molecule has 2 rings (SSSR count). The molecule has 2 fully saturated rings. The molecule has 2 heterocycles. The van der Waals surface area contributed by atoms with Crippen molar-refractivity contribution < 1.29 is 9.59 Å². The fraction of sp³-hybridized carbons (Fsp3) is 0.867. The van der Waals surface area contributed by atoms with Crippen molar-refractivity contribution in [2.75, 3.05) is 32.7 Å². The summed E-state index contributed by atoms with van der Waals surface area (Å²) in [6, 6.07) is 0.219. The highest BCUT2D eigenvalue weighted by atomic mass is 35.5. The van der Waals surface area contributed by atoms with E-state index in [0.29, 0.717) is 6.54 Å². The number of rotatable bonds is 4. The van der Waals surface area contributed by atoms with Gasteiger partial charge in [0, 0.05) is 38.1 Å². The summed E-state index contributed by atoms with van der Waals surface area (Å²) in [4.78, 5) is 28.3. The fourth-order valence-corrected chi connectivity index (χ4v) is 3.28. The van der Waals surface area contributed by atoms with Crippen molar-refractivity contribution in [2.45, 2.75) is 45.6 Å². The summed E-state index contributed by atoms with van der Waals surface area (Å²) in [7, 11) is 0. The number of hydrogen-bond donors (Lipinski definition) is 1. The van der Waals surface area contributed by atoms with Crippen LogP contribution in [0, 0.1) is 5.92 Å². The molecule has 0 radical (unpaired) electrons. The highest BCUT2D eigenvalue weighted by molar-refractivity contribution is 5.85. The number of hydrogen-bond acceptors (Lipinski definition) is 3. The Morgan fingerprint density at radius 3 is 2.86 bits per heavy atom. The van der Waals surface area contributed by atoms with Gasteiger partial charge in [-0.25, -0.2) is 0 Å². The van der Waals surface area contributed by atoms with Gasteiger partial charge in [0.25, 0.3) is 0 Å². The van der Waals surface area contributed by atoms with Crippen LogP contribution in [0.15, 0.2) is 0 Å². The minimum absolute atomic E-state index is 0. The average Bonchev–Trinajstić information content (AvgIpc) is 2.47. The Labute approximate surface area is 133 Å². The Balaban J connectivity index is 0.00000220. The smallest absolute Gasteiger partial charge is 0.236 e. The summed E-state index contributed by atoms with van der Waals surface area (Å²) in [5, 5.41) is 3.10. The summed E-state index contributed by atoms with van der Waals surface area (Å²) >= 11 is 0. The number of nitrogens with one attached hydrogen (secondary N) is 1. The van der Waals surface area contributed by atoms with Crippen LogP contribution in [0.4, 0.5) is 0 Å². The molecule has 0 aromatic rings. The third-order valence-corrected chi connectivity index (χ3v) is 4.42. The molecule has 2 saturated heterocycles. The van der Waals surface area contributed by atoms with Gasteiger partial charge in [-0.1, -0.05) is 20.3 Å². The predicted octanol–water partition coefficient (Wildman–Crippen LogP) is 1.27. The van der Waals surface area contributed by atoms with Crippen LogP contribution in [-0.4, -0.2) is 60.4 Å². The number of likely N-dealkylation sites (tertiary alicyclic amines) is 1. The van der Waals surface area contributed by atoms with E-state index in [4.69, 9.17) is 0 Å². The molecule has 5 nitrogen and oxygen atoms in total. The van der Waals surface area contributed by atoms with E-state index in [1.165, 1.54) is 0 Å². The molecule has 1 N–H and O–H groups in total. The van der Waals surface area contributed by atoms with Crippen molar-refractivity contribution >= 4 is 24.2 Å². The van der Waals surface area contributed by atoms with Gasteiger partial charge in [0.1, 0.15) is 0 Å². The molecule has 0 aliphatic carbocycles. The summed E-state index contributed by atoms with van der Waals surface area (Å²) in [6.45, 7) is 7.78. The van der Waals surface area contributed by atoms with Gasteiger partial charge in [0.2, 0.25) is 11.8 Å². The van der Waals surface area contributed by atoms with E-state index in [0.717, 1.165) is 51.9 Å². The van der Waals surface area contributed by atoms with Crippen molar-refractivity contribution in [3.63, 3.8) is 0 Å². The molecule has 21 heavy (non-hydrogen) atoms. The number of amides is 2. The van der Waals surface area contributed by atoms with Crippen LogP contribution >= 0.6 is 12.4 Å². The molecular formula is C15H28ClN3O2. The van der Waals surface area contributed by atoms with Crippen LogP contribution in [0.25, 0.3) is 0 Å². The van der Waals surface area contributed by atoms with Crippen molar-refractivity contribution in [3.8, 4) is 0 Å². The van der Waals surface area contributed by atoms with Crippen LogP contribution in [0.5, 0.6) is 0 Å². The lowest BCUT2D eigenvalue weighted by atomic mass is 9.99. The molecule has 122 valence electrons. The minimum atomic E-state index is 0. The number of carbonyl (C=O) groups is 2. The molecule has 0 aromatic carbocycles. The topological polar surface area (TPSA) is 52.7 Å². The maximum Gasteiger partial charge on any atom is 0.236 e. The number of piperazine rings is 1. The molecule has 2 amide bonds. The SMILES string of the molecule is CCCC(C)C(=O)N1CCCC(N2CCNCC2=O)C1.Cl. The molecule has 6 heteroatoms. The summed E-state index contributed by atoms with van der Waals surface area (Å²) in [5.41, 5.74) is 0. The summed E-state index contributed by atoms with van der Waals surface area (Å²) in [6.07, 6.45) is 4.02. The highest BCUT2D eigenvalue weighted by Gasteiger charge is 2.32. The largest absolute Gasteiger partial charge is 0.340 e. The first-order valence-electron chi connectivity index (χ1n) is 7.92. The van der Waals surface area contributed by atoms with Gasteiger partial charge < -0.3 is 15.1 Å². The van der Waals surface area contributed by atoms with E-state index in [2.05, 4.69) is 12.2 Å². The van der Waals surface area contributed by atoms with Crippen LogP contribution in [0.2, 0.25) is 0 Å². The Bertz CT molecular complexity index is 365. The lowest BCUT2D eigenvalue weighted by Gasteiger charge is -2.41. The van der Waals surface area contributed by atoms with Crippen molar-refractivity contribution in [3.05, 3.63) is 0 Å². The van der Waals surface area contributed by atoms with E-state index in [9.17, 15) is 9.59 Å². The lowest BCUT2D eigenvalue weighted by Crippen LogP contribution is -2.57. The highest BCUT2D eigenvalue weighted by Crippen LogP contribution is 2.20. The van der Waals surface area contributed by atoms with E-state index in [1.54, 1.807) is 0 Å². The second kappa shape index (κ2) is 8.59. The third-order valence-electron chi connectivity index (χ3n) is 4.42. The van der Waals surface area contributed by atoms with E-state index >= 15 is 0 Å². The maximum absolute atomic E-state index is 12.4. The number of piperidine rings is 1. The van der Waals surface area contributed by atoms with Crippen LogP contribution in [0.3, 0.4) is 0 Å². The van der Waals surface area contributed by atoms with Crippen LogP contribution in [-0.2, 0) is 9.59 Å². The first kappa shape index (κ1) is 18.2. The van der Waals surface area contributed by atoms with E-state index in [1.807, 2.05) is 16.7 Å². The molecule has 2 aliphatic rings. The van der Waals surface area contributed by atoms with E-state index < -0.39 is 0 Å². The molecule has 0 saturated carbocycles. The van der Waals surface area contributed by atoms with Crippen molar-refractivity contribution in [1.82, 2.24) is 15.1 Å².